The predicted octanol–water partition coefficient (Wildman–Crippen LogP) is -2.64. The predicted molar refractivity (Wildman–Crippen MR) is 110 cm³/mol. The molecule has 33 heavy (non-hydrogen) atoms. The quantitative estimate of drug-likeness (QED) is 0.204. The summed E-state index contributed by atoms with van der Waals surface area (Å²) in [4.78, 5) is 0. The summed E-state index contributed by atoms with van der Waals surface area (Å²) in [7, 11) is -9.40. The number of hydrogen-bond acceptors (Lipinski definition) is 8. The molecule has 0 amide bonds. The van der Waals surface area contributed by atoms with Crippen molar-refractivity contribution in [2.75, 3.05) is 0 Å². The van der Waals surface area contributed by atoms with Gasteiger partial charge in [0.2, 0.25) is 20.8 Å². The molecule has 0 aromatic heterocycles. The summed E-state index contributed by atoms with van der Waals surface area (Å²) >= 11 is 0. The minimum absolute atomic E-state index is 0. The molecule has 4 rings (SSSR count). The fraction of sp³-hybridized carbons (Fsp3) is 1.00. The van der Waals surface area contributed by atoms with Gasteiger partial charge in [-0.2, -0.15) is 0 Å². The van der Waals surface area contributed by atoms with Crippen LogP contribution in [0.4, 0.5) is 0 Å². The summed E-state index contributed by atoms with van der Waals surface area (Å²) < 4.78 is 76.3. The van der Waals surface area contributed by atoms with Gasteiger partial charge in [-0.25, -0.2) is 16.8 Å². The third-order valence-electron chi connectivity index (χ3n) is 9.78. The molecule has 4 fully saturated rings. The molecular weight excluding hydrogens is 523 g/mol. The summed E-state index contributed by atoms with van der Waals surface area (Å²) in [5.74, 6) is 1.96. The Morgan fingerprint density at radius 2 is 1.42 bits per heavy atom. The van der Waals surface area contributed by atoms with Gasteiger partial charge >= 0.3 is 103 Å². The first-order valence-electron chi connectivity index (χ1n) is 11.5. The normalized spacial score (nSPS) is 43.8. The van der Waals surface area contributed by atoms with Crippen LogP contribution in [0.15, 0.2) is 0 Å². The Hall–Kier alpha value is 3.01. The minimum atomic E-state index is -4.72. The molecule has 9 atom stereocenters. The summed E-state index contributed by atoms with van der Waals surface area (Å²) in [5, 5.41) is 0. The second-order valence-electron chi connectivity index (χ2n) is 11.0. The maximum Gasteiger partial charge on any atom is 1.00 e. The molecular formula is C21H34K2O8S2. The summed E-state index contributed by atoms with van der Waals surface area (Å²) in [6.45, 7) is 6.30. The Kier molecular flexibility index (Phi) is 11.4. The molecule has 0 N–H and O–H groups in total. The Labute approximate surface area is 284 Å². The van der Waals surface area contributed by atoms with Gasteiger partial charge in [0.15, 0.2) is 0 Å². The second kappa shape index (κ2) is 11.6. The average Bonchev–Trinajstić information content (AvgIpc) is 2.97. The number of fused-ring (bicyclic) bond motifs is 5. The second-order valence-corrected chi connectivity index (χ2v) is 13.0. The van der Waals surface area contributed by atoms with E-state index in [1.54, 1.807) is 6.92 Å². The van der Waals surface area contributed by atoms with Gasteiger partial charge in [0.25, 0.3) is 0 Å². The van der Waals surface area contributed by atoms with E-state index in [0.29, 0.717) is 36.5 Å². The molecule has 8 nitrogen and oxygen atoms in total. The van der Waals surface area contributed by atoms with Crippen LogP contribution in [-0.4, -0.2) is 38.1 Å². The number of rotatable bonds is 5. The van der Waals surface area contributed by atoms with Crippen LogP contribution in [0.5, 0.6) is 0 Å². The van der Waals surface area contributed by atoms with Crippen LogP contribution in [0.2, 0.25) is 0 Å². The molecule has 4 aliphatic carbocycles. The first-order valence-corrected chi connectivity index (χ1v) is 14.2. The van der Waals surface area contributed by atoms with Gasteiger partial charge in [0.1, 0.15) is 0 Å². The number of hydrogen-bond donors (Lipinski definition) is 0. The molecule has 0 aromatic carbocycles. The van der Waals surface area contributed by atoms with Crippen LogP contribution < -0.4 is 103 Å². The summed E-state index contributed by atoms with van der Waals surface area (Å²) in [6, 6.07) is 0. The molecule has 12 heteroatoms. The van der Waals surface area contributed by atoms with Crippen molar-refractivity contribution in [3.8, 4) is 0 Å². The van der Waals surface area contributed by atoms with Crippen molar-refractivity contribution in [1.82, 2.24) is 0 Å². The average molecular weight is 557 g/mol. The summed E-state index contributed by atoms with van der Waals surface area (Å²) in [5.41, 5.74) is 0.0702. The Morgan fingerprint density at radius 1 is 0.818 bits per heavy atom. The van der Waals surface area contributed by atoms with Crippen molar-refractivity contribution in [2.45, 2.75) is 90.8 Å². The fourth-order valence-electron chi connectivity index (χ4n) is 8.54. The molecule has 4 aliphatic rings. The first kappa shape index (κ1) is 32.2. The molecule has 180 valence electrons. The molecule has 0 spiro atoms. The minimum Gasteiger partial charge on any atom is -0.726 e. The van der Waals surface area contributed by atoms with E-state index in [1.807, 2.05) is 0 Å². The van der Waals surface area contributed by atoms with E-state index in [1.165, 1.54) is 0 Å². The maximum absolute atomic E-state index is 11.2. The van der Waals surface area contributed by atoms with Gasteiger partial charge in [-0.15, -0.1) is 0 Å². The molecule has 0 radical (unpaired) electrons. The zero-order valence-electron chi connectivity index (χ0n) is 20.5. The van der Waals surface area contributed by atoms with Gasteiger partial charge in [0, 0.05) is 0 Å². The molecule has 0 aromatic rings. The van der Waals surface area contributed by atoms with Crippen LogP contribution in [0.25, 0.3) is 0 Å². The molecule has 4 saturated carbocycles. The van der Waals surface area contributed by atoms with Crippen LogP contribution >= 0.6 is 0 Å². The van der Waals surface area contributed by atoms with Gasteiger partial charge in [0.05, 0.1) is 12.2 Å². The van der Waals surface area contributed by atoms with E-state index in [4.69, 9.17) is 8.37 Å². The monoisotopic (exact) mass is 556 g/mol. The van der Waals surface area contributed by atoms with Crippen molar-refractivity contribution in [3.63, 3.8) is 0 Å². The largest absolute Gasteiger partial charge is 1.00 e. The van der Waals surface area contributed by atoms with Crippen molar-refractivity contribution < 1.29 is 137 Å². The third-order valence-corrected chi connectivity index (χ3v) is 10.8. The summed E-state index contributed by atoms with van der Waals surface area (Å²) in [6.07, 6.45) is 6.94. The molecule has 0 saturated heterocycles. The van der Waals surface area contributed by atoms with Crippen molar-refractivity contribution in [3.05, 3.63) is 0 Å². The van der Waals surface area contributed by atoms with E-state index >= 15 is 0 Å². The standard InChI is InChI=1S/C21H36O8S2.2K/c1-13(28-30(22,23)24)17-6-7-18-16-5-4-14-12-15(29-31(25,26)27)8-10-20(14,2)19(16)9-11-21(17,18)3;;/h13-19H,4-12H2,1-3H3,(H,22,23,24)(H,25,26,27);;/q;2*+1/p-2/t13?,14?,15-,16?,17?,18?,19?,20?,21?;;/m1../s1. The third kappa shape index (κ3) is 6.78. The zero-order valence-corrected chi connectivity index (χ0v) is 28.4. The fourth-order valence-corrected chi connectivity index (χ4v) is 9.55. The smallest absolute Gasteiger partial charge is 0.726 e. The van der Waals surface area contributed by atoms with Gasteiger partial charge in [-0.05, 0) is 105 Å². The molecule has 0 bridgehead atoms. The van der Waals surface area contributed by atoms with E-state index < -0.39 is 33.0 Å². The maximum atomic E-state index is 11.2. The molecule has 0 heterocycles. The van der Waals surface area contributed by atoms with E-state index in [0.717, 1.165) is 44.9 Å². The van der Waals surface area contributed by atoms with Crippen molar-refractivity contribution >= 4 is 20.8 Å². The van der Waals surface area contributed by atoms with E-state index in [-0.39, 0.29) is 120 Å². The topological polar surface area (TPSA) is 133 Å². The van der Waals surface area contributed by atoms with Crippen molar-refractivity contribution in [2.24, 2.45) is 40.4 Å². The first-order chi connectivity index (χ1) is 14.2. The Morgan fingerprint density at radius 3 is 2.03 bits per heavy atom. The Bertz CT molecular complexity index is 913. The van der Waals surface area contributed by atoms with Crippen LogP contribution in [0.3, 0.4) is 0 Å². The van der Waals surface area contributed by atoms with Crippen LogP contribution in [0, 0.1) is 40.4 Å². The zero-order chi connectivity index (χ0) is 22.8. The van der Waals surface area contributed by atoms with Crippen LogP contribution in [-0.2, 0) is 29.2 Å². The van der Waals surface area contributed by atoms with Gasteiger partial charge in [-0.3, -0.25) is 8.37 Å². The van der Waals surface area contributed by atoms with Crippen LogP contribution in [0.1, 0.15) is 78.6 Å². The van der Waals surface area contributed by atoms with Gasteiger partial charge in [-0.1, -0.05) is 13.8 Å². The van der Waals surface area contributed by atoms with Crippen molar-refractivity contribution in [1.29, 1.82) is 0 Å². The van der Waals surface area contributed by atoms with E-state index in [9.17, 15) is 25.9 Å². The Balaban J connectivity index is 0.00000193. The van der Waals surface area contributed by atoms with Gasteiger partial charge < -0.3 is 9.11 Å². The molecule has 0 aliphatic heterocycles. The van der Waals surface area contributed by atoms with E-state index in [2.05, 4.69) is 13.8 Å². The SMILES string of the molecule is CC(OS(=O)(=O)[O-])C1CCC2C3CCC4C[C@H](OS(=O)(=O)[O-])CCC4(C)C3CCC12C.[K+].[K+]. The molecule has 8 unspecified atom stereocenters.